The number of carbonyl (C=O) groups is 1. The van der Waals surface area contributed by atoms with Crippen molar-refractivity contribution in [1.82, 2.24) is 5.32 Å². The third-order valence-electron chi connectivity index (χ3n) is 5.03. The molecule has 0 saturated heterocycles. The van der Waals surface area contributed by atoms with E-state index in [1.54, 1.807) is 24.3 Å². The van der Waals surface area contributed by atoms with Gasteiger partial charge in [0.2, 0.25) is 0 Å². The van der Waals surface area contributed by atoms with Gasteiger partial charge in [0.25, 0.3) is 15.9 Å². The third-order valence-corrected chi connectivity index (χ3v) is 6.81. The number of hydrogen-bond donors (Lipinski definition) is 1. The van der Waals surface area contributed by atoms with E-state index in [-0.39, 0.29) is 10.8 Å². The maximum Gasteiger partial charge on any atom is 0.264 e. The second-order valence-electron chi connectivity index (χ2n) is 7.58. The van der Waals surface area contributed by atoms with Crippen molar-refractivity contribution in [3.63, 3.8) is 0 Å². The normalized spacial score (nSPS) is 11.1. The number of anilines is 2. The van der Waals surface area contributed by atoms with Gasteiger partial charge in [0.15, 0.2) is 0 Å². The van der Waals surface area contributed by atoms with Gasteiger partial charge < -0.3 is 10.2 Å². The molecule has 0 saturated carbocycles. The van der Waals surface area contributed by atoms with E-state index in [9.17, 15) is 13.2 Å². The van der Waals surface area contributed by atoms with Gasteiger partial charge in [-0.1, -0.05) is 35.9 Å². The summed E-state index contributed by atoms with van der Waals surface area (Å²) in [6.45, 7) is 2.29. The highest BCUT2D eigenvalue weighted by molar-refractivity contribution is 7.92. The maximum atomic E-state index is 13.1. The lowest BCUT2D eigenvalue weighted by molar-refractivity contribution is 0.0950. The Morgan fingerprint density at radius 1 is 0.871 bits per heavy atom. The second kappa shape index (κ2) is 9.22. The molecule has 0 spiro atoms. The standard InChI is InChI=1S/C24H27N3O3S/c1-18-11-13-21(14-12-18)27(4)31(29,30)23-10-6-8-20(16-23)24(28)25-17-19-7-5-9-22(15-19)26(2)3/h5-16H,17H2,1-4H3,(H,25,28). The highest BCUT2D eigenvalue weighted by Gasteiger charge is 2.22. The molecule has 0 aliphatic rings. The van der Waals surface area contributed by atoms with Crippen molar-refractivity contribution in [3.05, 3.63) is 89.5 Å². The van der Waals surface area contributed by atoms with Crippen LogP contribution in [0.25, 0.3) is 0 Å². The van der Waals surface area contributed by atoms with Gasteiger partial charge in [-0.05, 0) is 55.0 Å². The van der Waals surface area contributed by atoms with Crippen LogP contribution in [-0.2, 0) is 16.6 Å². The Hall–Kier alpha value is -3.32. The quantitative estimate of drug-likeness (QED) is 0.610. The van der Waals surface area contributed by atoms with Crippen molar-refractivity contribution < 1.29 is 13.2 Å². The van der Waals surface area contributed by atoms with Crippen LogP contribution in [0.3, 0.4) is 0 Å². The summed E-state index contributed by atoms with van der Waals surface area (Å²) in [6.07, 6.45) is 0. The largest absolute Gasteiger partial charge is 0.378 e. The van der Waals surface area contributed by atoms with E-state index < -0.39 is 10.0 Å². The average Bonchev–Trinajstić information content (AvgIpc) is 2.77. The third kappa shape index (κ3) is 5.24. The summed E-state index contributed by atoms with van der Waals surface area (Å²) < 4.78 is 27.3. The highest BCUT2D eigenvalue weighted by Crippen LogP contribution is 2.23. The zero-order chi connectivity index (χ0) is 22.6. The molecule has 3 rings (SSSR count). The molecule has 0 aliphatic heterocycles. The first-order valence-electron chi connectivity index (χ1n) is 9.88. The number of benzene rings is 3. The molecular weight excluding hydrogens is 410 g/mol. The van der Waals surface area contributed by atoms with E-state index in [4.69, 9.17) is 0 Å². The number of sulfonamides is 1. The first-order valence-corrected chi connectivity index (χ1v) is 11.3. The van der Waals surface area contributed by atoms with Crippen molar-refractivity contribution in [1.29, 1.82) is 0 Å². The Balaban J connectivity index is 1.76. The van der Waals surface area contributed by atoms with Gasteiger partial charge in [-0.15, -0.1) is 0 Å². The molecule has 0 radical (unpaired) electrons. The number of aryl methyl sites for hydroxylation is 1. The zero-order valence-corrected chi connectivity index (χ0v) is 19.0. The molecule has 1 N–H and O–H groups in total. The first-order chi connectivity index (χ1) is 14.7. The van der Waals surface area contributed by atoms with Crippen LogP contribution in [-0.4, -0.2) is 35.5 Å². The lowest BCUT2D eigenvalue weighted by atomic mass is 10.1. The Bertz CT molecular complexity index is 1170. The molecule has 31 heavy (non-hydrogen) atoms. The van der Waals surface area contributed by atoms with Crippen LogP contribution in [0.1, 0.15) is 21.5 Å². The second-order valence-corrected chi connectivity index (χ2v) is 9.55. The van der Waals surface area contributed by atoms with Crippen molar-refractivity contribution in [2.75, 3.05) is 30.3 Å². The zero-order valence-electron chi connectivity index (χ0n) is 18.2. The molecule has 1 amide bonds. The van der Waals surface area contributed by atoms with Crippen LogP contribution in [0, 0.1) is 6.92 Å². The van der Waals surface area contributed by atoms with E-state index in [0.717, 1.165) is 16.8 Å². The van der Waals surface area contributed by atoms with E-state index in [1.807, 2.05) is 62.3 Å². The van der Waals surface area contributed by atoms with Crippen LogP contribution in [0.2, 0.25) is 0 Å². The summed E-state index contributed by atoms with van der Waals surface area (Å²) in [4.78, 5) is 14.7. The summed E-state index contributed by atoms with van der Waals surface area (Å²) in [5.41, 5.74) is 3.90. The van der Waals surface area contributed by atoms with Gasteiger partial charge in [0.1, 0.15) is 0 Å². The number of nitrogens with one attached hydrogen (secondary N) is 1. The minimum Gasteiger partial charge on any atom is -0.378 e. The van der Waals surface area contributed by atoms with Gasteiger partial charge in [-0.2, -0.15) is 0 Å². The fraction of sp³-hybridized carbons (Fsp3) is 0.208. The molecule has 3 aromatic carbocycles. The molecule has 0 atom stereocenters. The number of amides is 1. The monoisotopic (exact) mass is 437 g/mol. The summed E-state index contributed by atoms with van der Waals surface area (Å²) in [5, 5.41) is 2.86. The summed E-state index contributed by atoms with van der Waals surface area (Å²) >= 11 is 0. The Labute approximate surface area is 184 Å². The smallest absolute Gasteiger partial charge is 0.264 e. The van der Waals surface area contributed by atoms with Gasteiger partial charge in [0.05, 0.1) is 10.6 Å². The summed E-state index contributed by atoms with van der Waals surface area (Å²) in [5.74, 6) is -0.328. The molecule has 162 valence electrons. The van der Waals surface area contributed by atoms with Gasteiger partial charge in [0, 0.05) is 38.9 Å². The molecule has 6 nitrogen and oxygen atoms in total. The number of carbonyl (C=O) groups excluding carboxylic acids is 1. The first kappa shape index (κ1) is 22.4. The fourth-order valence-corrected chi connectivity index (χ4v) is 4.32. The van der Waals surface area contributed by atoms with Crippen LogP contribution in [0.15, 0.2) is 77.7 Å². The molecule has 0 bridgehead atoms. The predicted octanol–water partition coefficient (Wildman–Crippen LogP) is 3.82. The average molecular weight is 438 g/mol. The number of nitrogens with zero attached hydrogens (tertiary/aromatic N) is 2. The van der Waals surface area contributed by atoms with Crippen LogP contribution < -0.4 is 14.5 Å². The molecule has 0 heterocycles. The van der Waals surface area contributed by atoms with Crippen LogP contribution in [0.5, 0.6) is 0 Å². The van der Waals surface area contributed by atoms with Gasteiger partial charge in [-0.25, -0.2) is 8.42 Å². The summed E-state index contributed by atoms with van der Waals surface area (Å²) in [6, 6.07) is 21.2. The lowest BCUT2D eigenvalue weighted by Crippen LogP contribution is -2.27. The molecule has 0 unspecified atom stereocenters. The van der Waals surface area contributed by atoms with Crippen LogP contribution >= 0.6 is 0 Å². The maximum absolute atomic E-state index is 13.1. The predicted molar refractivity (Wildman–Crippen MR) is 125 cm³/mol. The van der Waals surface area contributed by atoms with Crippen LogP contribution in [0.4, 0.5) is 11.4 Å². The van der Waals surface area contributed by atoms with E-state index in [0.29, 0.717) is 17.8 Å². The molecule has 0 fully saturated rings. The van der Waals surface area contributed by atoms with Gasteiger partial charge >= 0.3 is 0 Å². The molecular formula is C24H27N3O3S. The van der Waals surface area contributed by atoms with Crippen molar-refractivity contribution in [2.45, 2.75) is 18.4 Å². The molecule has 0 aliphatic carbocycles. The minimum absolute atomic E-state index is 0.0674. The fourth-order valence-electron chi connectivity index (χ4n) is 3.08. The number of rotatable bonds is 7. The van der Waals surface area contributed by atoms with E-state index in [1.165, 1.54) is 23.5 Å². The number of hydrogen-bond acceptors (Lipinski definition) is 4. The van der Waals surface area contributed by atoms with Crippen molar-refractivity contribution in [2.24, 2.45) is 0 Å². The Kier molecular flexibility index (Phi) is 6.65. The van der Waals surface area contributed by atoms with E-state index >= 15 is 0 Å². The Morgan fingerprint density at radius 2 is 1.55 bits per heavy atom. The highest BCUT2D eigenvalue weighted by atomic mass is 32.2. The molecule has 7 heteroatoms. The SMILES string of the molecule is Cc1ccc(N(C)S(=O)(=O)c2cccc(C(=O)NCc3cccc(N(C)C)c3)c2)cc1. The van der Waals surface area contributed by atoms with Gasteiger partial charge in [-0.3, -0.25) is 9.10 Å². The lowest BCUT2D eigenvalue weighted by Gasteiger charge is -2.20. The topological polar surface area (TPSA) is 69.7 Å². The minimum atomic E-state index is -3.80. The van der Waals surface area contributed by atoms with Crippen molar-refractivity contribution >= 4 is 27.3 Å². The Morgan fingerprint density at radius 3 is 2.23 bits per heavy atom. The summed E-state index contributed by atoms with van der Waals surface area (Å²) in [7, 11) is 1.62. The van der Waals surface area contributed by atoms with Crippen molar-refractivity contribution in [3.8, 4) is 0 Å². The molecule has 0 aromatic heterocycles. The molecule has 3 aromatic rings. The van der Waals surface area contributed by atoms with E-state index in [2.05, 4.69) is 5.32 Å².